The van der Waals surface area contributed by atoms with Crippen LogP contribution in [0.1, 0.15) is 21.8 Å². The number of nitrogens with zero attached hydrogens (tertiary/aromatic N) is 2. The van der Waals surface area contributed by atoms with Crippen LogP contribution in [0.5, 0.6) is 5.75 Å². The van der Waals surface area contributed by atoms with Gasteiger partial charge in [0.15, 0.2) is 0 Å². The fraction of sp³-hybridized carbons (Fsp3) is 0.217. The van der Waals surface area contributed by atoms with E-state index in [0.717, 1.165) is 27.6 Å². The van der Waals surface area contributed by atoms with E-state index in [1.807, 2.05) is 49.7 Å². The first kappa shape index (κ1) is 21.1. The second kappa shape index (κ2) is 10.3. The molecular formula is C23H24N2O2S2. The van der Waals surface area contributed by atoms with Crippen LogP contribution in [-0.2, 0) is 17.9 Å². The summed E-state index contributed by atoms with van der Waals surface area (Å²) in [6, 6.07) is 16.0. The molecule has 0 aliphatic heterocycles. The van der Waals surface area contributed by atoms with E-state index in [1.165, 1.54) is 4.90 Å². The van der Waals surface area contributed by atoms with Crippen LogP contribution < -0.4 is 4.74 Å². The molecule has 0 N–H and O–H groups in total. The van der Waals surface area contributed by atoms with Crippen LogP contribution in [0.15, 0.2) is 64.9 Å². The maximum Gasteiger partial charge on any atom is 0.246 e. The van der Waals surface area contributed by atoms with Crippen LogP contribution in [0.4, 0.5) is 0 Å². The standard InChI is InChI=1S/C23H24N2O2S2/c1-17-24-20(16-29-17)15-27-21-6-4-5-18(13-21)9-12-23(26)25(2)14-19-7-10-22(28-3)11-8-19/h4-13,16H,14-15H2,1-3H3/b12-9+. The van der Waals surface area contributed by atoms with Gasteiger partial charge in [-0.25, -0.2) is 4.98 Å². The van der Waals surface area contributed by atoms with Crippen LogP contribution in [0.25, 0.3) is 6.08 Å². The quantitative estimate of drug-likeness (QED) is 0.357. The van der Waals surface area contributed by atoms with E-state index in [2.05, 4.69) is 35.5 Å². The number of benzene rings is 2. The third kappa shape index (κ3) is 6.48. The summed E-state index contributed by atoms with van der Waals surface area (Å²) in [5.41, 5.74) is 2.96. The van der Waals surface area contributed by atoms with Gasteiger partial charge < -0.3 is 9.64 Å². The minimum atomic E-state index is -0.0387. The smallest absolute Gasteiger partial charge is 0.246 e. The van der Waals surface area contributed by atoms with Crippen LogP contribution in [0.3, 0.4) is 0 Å². The number of thioether (sulfide) groups is 1. The van der Waals surface area contributed by atoms with Gasteiger partial charge >= 0.3 is 0 Å². The normalized spacial score (nSPS) is 11.0. The summed E-state index contributed by atoms with van der Waals surface area (Å²) in [5, 5.41) is 3.03. The van der Waals surface area contributed by atoms with Crippen molar-refractivity contribution in [2.45, 2.75) is 25.0 Å². The summed E-state index contributed by atoms with van der Waals surface area (Å²) in [7, 11) is 1.81. The number of carbonyl (C=O) groups excluding carboxylic acids is 1. The number of hydrogen-bond acceptors (Lipinski definition) is 5. The van der Waals surface area contributed by atoms with Gasteiger partial charge in [-0.15, -0.1) is 23.1 Å². The van der Waals surface area contributed by atoms with Crippen molar-refractivity contribution in [3.8, 4) is 5.75 Å². The Morgan fingerprint density at radius 2 is 2.03 bits per heavy atom. The van der Waals surface area contributed by atoms with E-state index < -0.39 is 0 Å². The lowest BCUT2D eigenvalue weighted by atomic mass is 10.2. The largest absolute Gasteiger partial charge is 0.487 e. The molecule has 1 amide bonds. The van der Waals surface area contributed by atoms with Gasteiger partial charge in [0.1, 0.15) is 12.4 Å². The number of amides is 1. The molecule has 0 fully saturated rings. The Kier molecular flexibility index (Phi) is 7.49. The van der Waals surface area contributed by atoms with Crippen LogP contribution >= 0.6 is 23.1 Å². The zero-order chi connectivity index (χ0) is 20.6. The molecule has 3 rings (SSSR count). The van der Waals surface area contributed by atoms with E-state index in [9.17, 15) is 4.79 Å². The van der Waals surface area contributed by atoms with Gasteiger partial charge in [-0.05, 0) is 54.6 Å². The molecule has 4 nitrogen and oxygen atoms in total. The molecular weight excluding hydrogens is 400 g/mol. The highest BCUT2D eigenvalue weighted by Crippen LogP contribution is 2.18. The van der Waals surface area contributed by atoms with Gasteiger partial charge in [0.05, 0.1) is 10.7 Å². The molecule has 3 aromatic rings. The average molecular weight is 425 g/mol. The van der Waals surface area contributed by atoms with E-state index in [0.29, 0.717) is 13.2 Å². The molecule has 2 aromatic carbocycles. The molecule has 1 aromatic heterocycles. The molecule has 0 aliphatic rings. The number of ether oxygens (including phenoxy) is 1. The minimum absolute atomic E-state index is 0.0387. The van der Waals surface area contributed by atoms with E-state index in [4.69, 9.17) is 4.74 Å². The second-order valence-corrected chi connectivity index (χ2v) is 8.54. The Morgan fingerprint density at radius 1 is 1.24 bits per heavy atom. The lowest BCUT2D eigenvalue weighted by Crippen LogP contribution is -2.24. The Labute approximate surface area is 180 Å². The molecule has 0 unspecified atom stereocenters. The lowest BCUT2D eigenvalue weighted by molar-refractivity contribution is -0.125. The van der Waals surface area contributed by atoms with Gasteiger partial charge in [-0.3, -0.25) is 4.79 Å². The van der Waals surface area contributed by atoms with Crippen molar-refractivity contribution in [1.29, 1.82) is 0 Å². The molecule has 6 heteroatoms. The molecule has 0 radical (unpaired) electrons. The summed E-state index contributed by atoms with van der Waals surface area (Å²) in [6.45, 7) is 3.00. The van der Waals surface area contributed by atoms with Gasteiger partial charge in [0.2, 0.25) is 5.91 Å². The van der Waals surface area contributed by atoms with Crippen molar-refractivity contribution in [1.82, 2.24) is 9.88 Å². The first-order chi connectivity index (χ1) is 14.0. The minimum Gasteiger partial charge on any atom is -0.487 e. The topological polar surface area (TPSA) is 42.4 Å². The van der Waals surface area contributed by atoms with Crippen molar-refractivity contribution in [3.63, 3.8) is 0 Å². The van der Waals surface area contributed by atoms with Crippen molar-refractivity contribution in [2.75, 3.05) is 13.3 Å². The number of carbonyl (C=O) groups is 1. The predicted octanol–water partition coefficient (Wildman–Crippen LogP) is 5.42. The molecule has 0 spiro atoms. The Morgan fingerprint density at radius 3 is 2.72 bits per heavy atom. The van der Waals surface area contributed by atoms with Gasteiger partial charge in [-0.1, -0.05) is 24.3 Å². The van der Waals surface area contributed by atoms with Crippen molar-refractivity contribution in [2.24, 2.45) is 0 Å². The van der Waals surface area contributed by atoms with Gasteiger partial charge in [0.25, 0.3) is 0 Å². The van der Waals surface area contributed by atoms with Crippen molar-refractivity contribution in [3.05, 3.63) is 81.8 Å². The third-order valence-electron chi connectivity index (χ3n) is 4.28. The Balaban J connectivity index is 1.55. The van der Waals surface area contributed by atoms with Gasteiger partial charge in [-0.2, -0.15) is 0 Å². The molecule has 0 atom stereocenters. The molecule has 0 saturated heterocycles. The van der Waals surface area contributed by atoms with E-state index >= 15 is 0 Å². The van der Waals surface area contributed by atoms with Crippen LogP contribution in [-0.4, -0.2) is 29.1 Å². The maximum absolute atomic E-state index is 12.4. The summed E-state index contributed by atoms with van der Waals surface area (Å²) in [4.78, 5) is 19.8. The molecule has 0 aliphatic carbocycles. The van der Waals surface area contributed by atoms with Gasteiger partial charge in [0, 0.05) is 29.9 Å². The summed E-state index contributed by atoms with van der Waals surface area (Å²) < 4.78 is 5.81. The molecule has 150 valence electrons. The fourth-order valence-corrected chi connectivity index (χ4v) is 3.72. The number of aryl methyl sites for hydroxylation is 1. The third-order valence-corrected chi connectivity index (χ3v) is 5.85. The average Bonchev–Trinajstić information content (AvgIpc) is 3.16. The Hall–Kier alpha value is -2.57. The first-order valence-electron chi connectivity index (χ1n) is 9.23. The number of thiazole rings is 1. The van der Waals surface area contributed by atoms with Crippen LogP contribution in [0.2, 0.25) is 0 Å². The van der Waals surface area contributed by atoms with Crippen LogP contribution in [0, 0.1) is 6.92 Å². The first-order valence-corrected chi connectivity index (χ1v) is 11.3. The molecule has 29 heavy (non-hydrogen) atoms. The highest BCUT2D eigenvalue weighted by Gasteiger charge is 2.06. The number of rotatable bonds is 8. The summed E-state index contributed by atoms with van der Waals surface area (Å²) in [5.74, 6) is 0.718. The second-order valence-electron chi connectivity index (χ2n) is 6.59. The van der Waals surface area contributed by atoms with Crippen molar-refractivity contribution < 1.29 is 9.53 Å². The van der Waals surface area contributed by atoms with E-state index in [-0.39, 0.29) is 5.91 Å². The number of aromatic nitrogens is 1. The number of likely N-dealkylation sites (N-methyl/N-ethyl adjacent to an activating group) is 1. The molecule has 0 bridgehead atoms. The summed E-state index contributed by atoms with van der Waals surface area (Å²) >= 11 is 3.32. The fourth-order valence-electron chi connectivity index (χ4n) is 2.72. The Bertz CT molecular complexity index is 981. The maximum atomic E-state index is 12.4. The summed E-state index contributed by atoms with van der Waals surface area (Å²) in [6.07, 6.45) is 5.46. The molecule has 1 heterocycles. The zero-order valence-electron chi connectivity index (χ0n) is 16.8. The zero-order valence-corrected chi connectivity index (χ0v) is 18.4. The number of hydrogen-bond donors (Lipinski definition) is 0. The monoisotopic (exact) mass is 424 g/mol. The van der Waals surface area contributed by atoms with Crippen molar-refractivity contribution >= 4 is 35.1 Å². The highest BCUT2D eigenvalue weighted by molar-refractivity contribution is 7.98. The lowest BCUT2D eigenvalue weighted by Gasteiger charge is -2.15. The highest BCUT2D eigenvalue weighted by atomic mass is 32.2. The van der Waals surface area contributed by atoms with E-state index in [1.54, 1.807) is 34.1 Å². The predicted molar refractivity (Wildman–Crippen MR) is 121 cm³/mol. The molecule has 0 saturated carbocycles. The SMILES string of the molecule is CSc1ccc(CN(C)C(=O)/C=C/c2cccc(OCc3csc(C)n3)c2)cc1.